The van der Waals surface area contributed by atoms with Gasteiger partial charge in [-0.2, -0.15) is 0 Å². The average Bonchev–Trinajstić information content (AvgIpc) is 2.32. The van der Waals surface area contributed by atoms with E-state index < -0.39 is 5.54 Å². The smallest absolute Gasteiger partial charge is 0.325 e. The van der Waals surface area contributed by atoms with Crippen LogP contribution in [0.3, 0.4) is 0 Å². The van der Waals surface area contributed by atoms with Crippen LogP contribution in [0.1, 0.15) is 31.9 Å². The zero-order valence-corrected chi connectivity index (χ0v) is 11.7. The maximum atomic E-state index is 11.7. The van der Waals surface area contributed by atoms with Crippen LogP contribution < -0.4 is 5.32 Å². The fourth-order valence-electron chi connectivity index (χ4n) is 1.66. The third-order valence-electron chi connectivity index (χ3n) is 2.89. The highest BCUT2D eigenvalue weighted by Crippen LogP contribution is 2.07. The Balaban J connectivity index is 2.41. The third-order valence-corrected chi connectivity index (χ3v) is 2.89. The molecule has 0 amide bonds. The lowest BCUT2D eigenvalue weighted by Gasteiger charge is -2.23. The van der Waals surface area contributed by atoms with E-state index in [1.807, 2.05) is 20.8 Å². The first-order valence-electron chi connectivity index (χ1n) is 6.43. The number of nitrogens with one attached hydrogen (secondary N) is 1. The largest absolute Gasteiger partial charge is 0.465 e. The van der Waals surface area contributed by atoms with Gasteiger partial charge in [0.05, 0.1) is 6.61 Å². The lowest BCUT2D eigenvalue weighted by molar-refractivity contribution is -0.149. The number of carbonyl (C=O) groups excluding carboxylic acids is 1. The number of benzene rings is 1. The van der Waals surface area contributed by atoms with Crippen LogP contribution in [-0.2, 0) is 16.0 Å². The van der Waals surface area contributed by atoms with Crippen molar-refractivity contribution in [3.05, 3.63) is 35.4 Å². The van der Waals surface area contributed by atoms with Gasteiger partial charge in [-0.3, -0.25) is 4.79 Å². The molecule has 3 heteroatoms. The van der Waals surface area contributed by atoms with Crippen molar-refractivity contribution in [1.29, 1.82) is 0 Å². The minimum Gasteiger partial charge on any atom is -0.465 e. The summed E-state index contributed by atoms with van der Waals surface area (Å²) in [4.78, 5) is 11.7. The summed E-state index contributed by atoms with van der Waals surface area (Å²) in [5, 5.41) is 3.23. The zero-order valence-electron chi connectivity index (χ0n) is 11.7. The van der Waals surface area contributed by atoms with E-state index in [1.54, 1.807) is 0 Å². The van der Waals surface area contributed by atoms with Crippen molar-refractivity contribution >= 4 is 5.97 Å². The van der Waals surface area contributed by atoms with Gasteiger partial charge >= 0.3 is 5.97 Å². The predicted molar refractivity (Wildman–Crippen MR) is 73.6 cm³/mol. The van der Waals surface area contributed by atoms with Crippen molar-refractivity contribution in [2.75, 3.05) is 13.2 Å². The van der Waals surface area contributed by atoms with E-state index >= 15 is 0 Å². The summed E-state index contributed by atoms with van der Waals surface area (Å²) in [6, 6.07) is 8.44. The Kier molecular flexibility index (Phi) is 5.35. The second-order valence-electron chi connectivity index (χ2n) is 5.01. The molecular formula is C15H23NO2. The monoisotopic (exact) mass is 249 g/mol. The van der Waals surface area contributed by atoms with E-state index in [-0.39, 0.29) is 5.97 Å². The van der Waals surface area contributed by atoms with Crippen LogP contribution in [0.2, 0.25) is 0 Å². The summed E-state index contributed by atoms with van der Waals surface area (Å²) in [6.45, 7) is 8.77. The van der Waals surface area contributed by atoms with Gasteiger partial charge in [0.25, 0.3) is 0 Å². The van der Waals surface area contributed by atoms with Gasteiger partial charge < -0.3 is 10.1 Å². The first kappa shape index (κ1) is 14.7. The van der Waals surface area contributed by atoms with E-state index in [1.165, 1.54) is 11.1 Å². The SMILES string of the molecule is CCOC(=O)C(C)(C)NCCc1ccc(C)cc1. The highest BCUT2D eigenvalue weighted by molar-refractivity contribution is 5.79. The Hall–Kier alpha value is -1.35. The van der Waals surface area contributed by atoms with E-state index in [0.717, 1.165) is 13.0 Å². The first-order chi connectivity index (χ1) is 8.45. The van der Waals surface area contributed by atoms with Crippen LogP contribution in [0, 0.1) is 6.92 Å². The summed E-state index contributed by atoms with van der Waals surface area (Å²) in [5.41, 5.74) is 1.91. The summed E-state index contributed by atoms with van der Waals surface area (Å²) in [5.74, 6) is -0.200. The number of hydrogen-bond donors (Lipinski definition) is 1. The molecule has 0 radical (unpaired) electrons. The van der Waals surface area contributed by atoms with E-state index in [4.69, 9.17) is 4.74 Å². The second kappa shape index (κ2) is 6.55. The molecule has 0 aromatic heterocycles. The van der Waals surface area contributed by atoms with Crippen molar-refractivity contribution in [3.63, 3.8) is 0 Å². The van der Waals surface area contributed by atoms with Gasteiger partial charge in [-0.05, 0) is 39.7 Å². The lowest BCUT2D eigenvalue weighted by Crippen LogP contribution is -2.48. The molecule has 0 aliphatic rings. The number of ether oxygens (including phenoxy) is 1. The number of hydrogen-bond acceptors (Lipinski definition) is 3. The van der Waals surface area contributed by atoms with Crippen LogP contribution in [0.5, 0.6) is 0 Å². The summed E-state index contributed by atoms with van der Waals surface area (Å²) >= 11 is 0. The number of aryl methyl sites for hydroxylation is 1. The first-order valence-corrected chi connectivity index (χ1v) is 6.43. The molecule has 18 heavy (non-hydrogen) atoms. The highest BCUT2D eigenvalue weighted by Gasteiger charge is 2.27. The molecule has 1 aromatic rings. The Labute approximate surface area is 110 Å². The predicted octanol–water partition coefficient (Wildman–Crippen LogP) is 2.47. The molecule has 1 aromatic carbocycles. The van der Waals surface area contributed by atoms with Crippen molar-refractivity contribution in [1.82, 2.24) is 5.32 Å². The highest BCUT2D eigenvalue weighted by atomic mass is 16.5. The van der Waals surface area contributed by atoms with Gasteiger partial charge in [-0.25, -0.2) is 0 Å². The van der Waals surface area contributed by atoms with Crippen LogP contribution in [0.25, 0.3) is 0 Å². The van der Waals surface area contributed by atoms with Crippen LogP contribution in [0.15, 0.2) is 24.3 Å². The molecule has 0 aliphatic carbocycles. The van der Waals surface area contributed by atoms with Gasteiger partial charge in [-0.15, -0.1) is 0 Å². The van der Waals surface area contributed by atoms with Crippen molar-refractivity contribution < 1.29 is 9.53 Å². The molecular weight excluding hydrogens is 226 g/mol. The number of esters is 1. The van der Waals surface area contributed by atoms with E-state index in [2.05, 4.69) is 36.5 Å². The van der Waals surface area contributed by atoms with Gasteiger partial charge in [-0.1, -0.05) is 29.8 Å². The molecule has 1 rings (SSSR count). The minimum atomic E-state index is -0.624. The van der Waals surface area contributed by atoms with Gasteiger partial charge in [0, 0.05) is 6.54 Å². The second-order valence-corrected chi connectivity index (χ2v) is 5.01. The van der Waals surface area contributed by atoms with E-state index in [9.17, 15) is 4.79 Å². The molecule has 100 valence electrons. The van der Waals surface area contributed by atoms with Crippen LogP contribution >= 0.6 is 0 Å². The maximum Gasteiger partial charge on any atom is 0.325 e. The van der Waals surface area contributed by atoms with Crippen molar-refractivity contribution in [3.8, 4) is 0 Å². The maximum absolute atomic E-state index is 11.7. The standard InChI is InChI=1S/C15H23NO2/c1-5-18-14(17)15(3,4)16-11-10-13-8-6-12(2)7-9-13/h6-9,16H,5,10-11H2,1-4H3. The Bertz CT molecular complexity index is 382. The third kappa shape index (κ3) is 4.49. The summed E-state index contributed by atoms with van der Waals surface area (Å²) < 4.78 is 5.02. The van der Waals surface area contributed by atoms with Gasteiger partial charge in [0.2, 0.25) is 0 Å². The topological polar surface area (TPSA) is 38.3 Å². The van der Waals surface area contributed by atoms with Gasteiger partial charge in [0.1, 0.15) is 5.54 Å². The molecule has 0 atom stereocenters. The molecule has 0 spiro atoms. The number of rotatable bonds is 6. The molecule has 3 nitrogen and oxygen atoms in total. The van der Waals surface area contributed by atoms with Gasteiger partial charge in [0.15, 0.2) is 0 Å². The minimum absolute atomic E-state index is 0.200. The Morgan fingerprint density at radius 1 is 1.28 bits per heavy atom. The quantitative estimate of drug-likeness (QED) is 0.787. The Morgan fingerprint density at radius 2 is 1.89 bits per heavy atom. The molecule has 0 saturated heterocycles. The molecule has 0 aliphatic heterocycles. The summed E-state index contributed by atoms with van der Waals surface area (Å²) in [7, 11) is 0. The average molecular weight is 249 g/mol. The normalized spacial score (nSPS) is 11.3. The summed E-state index contributed by atoms with van der Waals surface area (Å²) in [6.07, 6.45) is 0.906. The number of carbonyl (C=O) groups is 1. The zero-order chi connectivity index (χ0) is 13.6. The molecule has 0 saturated carbocycles. The van der Waals surface area contributed by atoms with Crippen LogP contribution in [-0.4, -0.2) is 24.7 Å². The molecule has 1 N–H and O–H groups in total. The van der Waals surface area contributed by atoms with Crippen molar-refractivity contribution in [2.24, 2.45) is 0 Å². The molecule has 0 heterocycles. The fraction of sp³-hybridized carbons (Fsp3) is 0.533. The van der Waals surface area contributed by atoms with E-state index in [0.29, 0.717) is 6.61 Å². The molecule has 0 fully saturated rings. The van der Waals surface area contributed by atoms with Crippen molar-refractivity contribution in [2.45, 2.75) is 39.7 Å². The fourth-order valence-corrected chi connectivity index (χ4v) is 1.66. The van der Waals surface area contributed by atoms with Crippen LogP contribution in [0.4, 0.5) is 0 Å². The molecule has 0 bridgehead atoms. The Morgan fingerprint density at radius 3 is 2.44 bits per heavy atom. The lowest BCUT2D eigenvalue weighted by atomic mass is 10.0. The molecule has 0 unspecified atom stereocenters.